The van der Waals surface area contributed by atoms with Gasteiger partial charge in [-0.25, -0.2) is 9.66 Å². The summed E-state index contributed by atoms with van der Waals surface area (Å²) in [4.78, 5) is 33.1. The first-order chi connectivity index (χ1) is 16.5. The Kier molecular flexibility index (Phi) is 5.70. The molecule has 0 saturated carbocycles. The second kappa shape index (κ2) is 8.48. The number of rotatable bonds is 4. The lowest BCUT2D eigenvalue weighted by Crippen LogP contribution is -2.35. The third-order valence-electron chi connectivity index (χ3n) is 6.98. The van der Waals surface area contributed by atoms with E-state index in [-0.39, 0.29) is 16.7 Å². The Labute approximate surface area is 207 Å². The molecule has 4 heterocycles. The Balaban J connectivity index is 1.41. The van der Waals surface area contributed by atoms with Crippen molar-refractivity contribution in [3.05, 3.63) is 67.7 Å². The first kappa shape index (κ1) is 23.5. The van der Waals surface area contributed by atoms with Gasteiger partial charge in [0.05, 0.1) is 17.6 Å². The maximum Gasteiger partial charge on any atom is 0.305 e. The van der Waals surface area contributed by atoms with E-state index in [0.717, 1.165) is 41.0 Å². The number of thiophene rings is 1. The second-order valence-electron chi connectivity index (χ2n) is 10.6. The summed E-state index contributed by atoms with van der Waals surface area (Å²) >= 11 is 1.62. The van der Waals surface area contributed by atoms with E-state index in [0.29, 0.717) is 29.4 Å². The van der Waals surface area contributed by atoms with Gasteiger partial charge in [0.25, 0.3) is 5.56 Å². The van der Waals surface area contributed by atoms with E-state index >= 15 is 0 Å². The number of hydrogen-bond donors (Lipinski definition) is 1. The van der Waals surface area contributed by atoms with Crippen LogP contribution in [-0.2, 0) is 19.4 Å². The highest BCUT2D eigenvalue weighted by Gasteiger charge is 2.32. The topological polar surface area (TPSA) is 95.0 Å². The maximum atomic E-state index is 13.5. The van der Waals surface area contributed by atoms with Gasteiger partial charge in [-0.2, -0.15) is 5.10 Å². The number of fused-ring (bicyclic) bond motifs is 3. The minimum absolute atomic E-state index is 0.133. The predicted octanol–water partition coefficient (Wildman–Crippen LogP) is 4.76. The van der Waals surface area contributed by atoms with Crippen molar-refractivity contribution in [2.24, 2.45) is 11.3 Å². The molecule has 35 heavy (non-hydrogen) atoms. The maximum absolute atomic E-state index is 13.5. The first-order valence-corrected chi connectivity index (χ1v) is 12.8. The van der Waals surface area contributed by atoms with Gasteiger partial charge in [0.2, 0.25) is 0 Å². The molecule has 0 aromatic carbocycles. The molecule has 1 N–H and O–H groups in total. The fourth-order valence-corrected chi connectivity index (χ4v) is 6.26. The fourth-order valence-electron chi connectivity index (χ4n) is 4.92. The number of carbonyl (C=O) groups excluding carboxylic acids is 1. The van der Waals surface area contributed by atoms with Gasteiger partial charge in [-0.1, -0.05) is 20.8 Å². The molecular formula is C26H31N5O3S. The highest BCUT2D eigenvalue weighted by atomic mass is 32.1. The molecule has 1 aliphatic carbocycles. The number of aromatic nitrogens is 4. The zero-order valence-electron chi connectivity index (χ0n) is 21.1. The van der Waals surface area contributed by atoms with Crippen LogP contribution in [0.15, 0.2) is 27.4 Å². The van der Waals surface area contributed by atoms with Crippen molar-refractivity contribution in [3.8, 4) is 0 Å². The van der Waals surface area contributed by atoms with E-state index < -0.39 is 5.91 Å². The van der Waals surface area contributed by atoms with Crippen LogP contribution in [0, 0.1) is 32.1 Å². The van der Waals surface area contributed by atoms with Gasteiger partial charge in [0.1, 0.15) is 16.4 Å². The number of nitrogens with one attached hydrogen (secondary N) is 1. The average molecular weight is 494 g/mol. The van der Waals surface area contributed by atoms with E-state index in [4.69, 9.17) is 4.42 Å². The Morgan fingerprint density at radius 3 is 2.71 bits per heavy atom. The monoisotopic (exact) mass is 493 g/mol. The first-order valence-electron chi connectivity index (χ1n) is 12.0. The van der Waals surface area contributed by atoms with Gasteiger partial charge in [-0.3, -0.25) is 19.7 Å². The second-order valence-corrected chi connectivity index (χ2v) is 11.7. The zero-order valence-corrected chi connectivity index (χ0v) is 21.9. The number of amides is 1. The lowest BCUT2D eigenvalue weighted by atomic mass is 9.72. The molecule has 0 unspecified atom stereocenters. The van der Waals surface area contributed by atoms with Gasteiger partial charge in [0, 0.05) is 10.6 Å². The third kappa shape index (κ3) is 4.33. The molecule has 0 radical (unpaired) electrons. The third-order valence-corrected chi connectivity index (χ3v) is 8.13. The molecule has 0 fully saturated rings. The summed E-state index contributed by atoms with van der Waals surface area (Å²) in [5.41, 5.74) is 5.72. The molecule has 4 aromatic rings. The summed E-state index contributed by atoms with van der Waals surface area (Å²) < 4.78 is 8.84. The van der Waals surface area contributed by atoms with E-state index in [9.17, 15) is 9.59 Å². The van der Waals surface area contributed by atoms with E-state index in [1.54, 1.807) is 30.4 Å². The molecular weight excluding hydrogens is 462 g/mol. The Morgan fingerprint density at radius 2 is 2.03 bits per heavy atom. The largest absolute Gasteiger partial charge is 0.454 e. The van der Waals surface area contributed by atoms with Gasteiger partial charge < -0.3 is 4.42 Å². The summed E-state index contributed by atoms with van der Waals surface area (Å²) in [5, 5.41) is 5.06. The average Bonchev–Trinajstić information content (AvgIpc) is 3.47. The molecule has 4 aromatic heterocycles. The van der Waals surface area contributed by atoms with Crippen LogP contribution in [-0.4, -0.2) is 25.3 Å². The summed E-state index contributed by atoms with van der Waals surface area (Å²) in [6.07, 6.45) is 2.88. The zero-order chi connectivity index (χ0) is 25.1. The molecule has 8 nitrogen and oxygen atoms in total. The SMILES string of the molecule is Cc1cc(C)n(Cc2ccc(C(=O)Nn3c(C)nc4sc5c(c4c3=O)CC[C@@H](C(C)(C)C)C5)o2)n1. The Bertz CT molecular complexity index is 1500. The van der Waals surface area contributed by atoms with Crippen molar-refractivity contribution in [1.29, 1.82) is 0 Å². The normalized spacial score (nSPS) is 16.0. The predicted molar refractivity (Wildman–Crippen MR) is 137 cm³/mol. The molecule has 0 saturated heterocycles. The van der Waals surface area contributed by atoms with Crippen LogP contribution in [0.25, 0.3) is 10.2 Å². The van der Waals surface area contributed by atoms with Crippen molar-refractivity contribution < 1.29 is 9.21 Å². The molecule has 0 spiro atoms. The van der Waals surface area contributed by atoms with Crippen molar-refractivity contribution in [2.75, 3.05) is 5.43 Å². The number of hydrogen-bond acceptors (Lipinski definition) is 6. The molecule has 9 heteroatoms. The van der Waals surface area contributed by atoms with E-state index in [1.165, 1.54) is 9.55 Å². The van der Waals surface area contributed by atoms with Gasteiger partial charge >= 0.3 is 5.91 Å². The van der Waals surface area contributed by atoms with Crippen LogP contribution in [0.1, 0.15) is 71.2 Å². The Hall–Kier alpha value is -3.20. The number of furan rings is 1. The molecule has 0 aliphatic heterocycles. The van der Waals surface area contributed by atoms with Crippen molar-refractivity contribution >= 4 is 27.5 Å². The van der Waals surface area contributed by atoms with E-state index in [2.05, 4.69) is 36.3 Å². The van der Waals surface area contributed by atoms with Crippen molar-refractivity contribution in [3.63, 3.8) is 0 Å². The van der Waals surface area contributed by atoms with Crippen molar-refractivity contribution in [1.82, 2.24) is 19.4 Å². The van der Waals surface area contributed by atoms with Gasteiger partial charge in [-0.15, -0.1) is 11.3 Å². The van der Waals surface area contributed by atoms with Crippen LogP contribution in [0.2, 0.25) is 0 Å². The smallest absolute Gasteiger partial charge is 0.305 e. The highest BCUT2D eigenvalue weighted by Crippen LogP contribution is 2.42. The molecule has 0 bridgehead atoms. The van der Waals surface area contributed by atoms with Crippen molar-refractivity contribution in [2.45, 2.75) is 67.3 Å². The van der Waals surface area contributed by atoms with Crippen LogP contribution in [0.4, 0.5) is 0 Å². The van der Waals surface area contributed by atoms with Gasteiger partial charge in [-0.05, 0) is 75.1 Å². The van der Waals surface area contributed by atoms with Gasteiger partial charge in [0.15, 0.2) is 5.76 Å². The fraction of sp³-hybridized carbons (Fsp3) is 0.462. The summed E-state index contributed by atoms with van der Waals surface area (Å²) in [5.74, 6) is 1.27. The minimum Gasteiger partial charge on any atom is -0.454 e. The highest BCUT2D eigenvalue weighted by molar-refractivity contribution is 7.18. The molecule has 1 amide bonds. The number of carbonyl (C=O) groups is 1. The standard InChI is InChI=1S/C26H31N5O3S/c1-14-11-15(2)30(28-14)13-18-8-10-20(34-18)23(32)29-31-16(3)27-24-22(25(31)33)19-9-7-17(26(4,5)6)12-21(19)35-24/h8,10-11,17H,7,9,12-13H2,1-6H3,(H,29,32)/t17-/m1/s1. The minimum atomic E-state index is -0.493. The summed E-state index contributed by atoms with van der Waals surface area (Å²) in [7, 11) is 0. The number of nitrogens with zero attached hydrogens (tertiary/aromatic N) is 4. The van der Waals surface area contributed by atoms with Crippen LogP contribution >= 0.6 is 11.3 Å². The molecule has 1 atom stereocenters. The van der Waals surface area contributed by atoms with Crippen LogP contribution < -0.4 is 11.0 Å². The molecule has 184 valence electrons. The van der Waals surface area contributed by atoms with Crippen LogP contribution in [0.5, 0.6) is 0 Å². The lowest BCUT2D eigenvalue weighted by Gasteiger charge is -2.33. The Morgan fingerprint density at radius 1 is 1.26 bits per heavy atom. The molecule has 1 aliphatic rings. The lowest BCUT2D eigenvalue weighted by molar-refractivity contribution is 0.0978. The quantitative estimate of drug-likeness (QED) is 0.442. The van der Waals surface area contributed by atoms with E-state index in [1.807, 2.05) is 24.6 Å². The molecule has 5 rings (SSSR count). The van der Waals surface area contributed by atoms with Crippen LogP contribution in [0.3, 0.4) is 0 Å². The number of aryl methyl sites for hydroxylation is 4. The summed E-state index contributed by atoms with van der Waals surface area (Å²) in [6, 6.07) is 5.35. The summed E-state index contributed by atoms with van der Waals surface area (Å²) in [6.45, 7) is 12.9.